The van der Waals surface area contributed by atoms with Crippen LogP contribution < -0.4 is 16.2 Å². The Morgan fingerprint density at radius 1 is 0.867 bits per heavy atom. The van der Waals surface area contributed by atoms with Crippen molar-refractivity contribution in [3.05, 3.63) is 63.6 Å². The van der Waals surface area contributed by atoms with Crippen molar-refractivity contribution in [3.8, 4) is 0 Å². The van der Waals surface area contributed by atoms with E-state index in [2.05, 4.69) is 32.1 Å². The lowest BCUT2D eigenvalue weighted by molar-refractivity contribution is -0.148. The lowest BCUT2D eigenvalue weighted by Crippen LogP contribution is -2.41. The number of amides is 3. The molecule has 0 aliphatic carbocycles. The molecule has 0 aromatic heterocycles. The molecule has 0 heterocycles. The molecule has 0 saturated carbocycles. The number of hydrazine groups is 1. The number of anilines is 1. The topological polar surface area (TPSA) is 114 Å². The zero-order valence-corrected chi connectivity index (χ0v) is 18.2. The van der Waals surface area contributed by atoms with Crippen LogP contribution in [0.15, 0.2) is 46.9 Å². The van der Waals surface area contributed by atoms with Gasteiger partial charge in [0, 0.05) is 22.1 Å². The normalized spacial score (nSPS) is 10.1. The number of halogens is 1. The Kier molecular flexibility index (Phi) is 8.54. The fourth-order valence-corrected chi connectivity index (χ4v) is 2.82. The number of rotatable bonds is 7. The smallest absolute Gasteiger partial charge is 0.306 e. The molecule has 0 aliphatic rings. The van der Waals surface area contributed by atoms with Gasteiger partial charge >= 0.3 is 5.97 Å². The predicted octanol–water partition coefficient (Wildman–Crippen LogP) is 2.79. The van der Waals surface area contributed by atoms with E-state index in [-0.39, 0.29) is 12.8 Å². The summed E-state index contributed by atoms with van der Waals surface area (Å²) in [6.07, 6.45) is -0.419. The van der Waals surface area contributed by atoms with E-state index in [0.717, 1.165) is 15.6 Å². The Morgan fingerprint density at radius 3 is 2.27 bits per heavy atom. The molecule has 30 heavy (non-hydrogen) atoms. The number of esters is 1. The summed E-state index contributed by atoms with van der Waals surface area (Å²) in [4.78, 5) is 47.3. The summed E-state index contributed by atoms with van der Waals surface area (Å²) in [5, 5.41) is 2.68. The Bertz CT molecular complexity index is 947. The molecule has 0 saturated heterocycles. The SMILES string of the molecule is Cc1c(Br)ccc(NC(=O)COC(=O)CCC(=O)NNC(=O)c2ccccc2)c1C. The van der Waals surface area contributed by atoms with Gasteiger partial charge < -0.3 is 10.1 Å². The average Bonchev–Trinajstić information content (AvgIpc) is 2.75. The van der Waals surface area contributed by atoms with Gasteiger partial charge in [-0.2, -0.15) is 0 Å². The second kappa shape index (κ2) is 11.1. The molecule has 2 aromatic rings. The molecule has 0 radical (unpaired) electrons. The molecule has 0 bridgehead atoms. The molecule has 0 spiro atoms. The van der Waals surface area contributed by atoms with Gasteiger partial charge in [-0.25, -0.2) is 0 Å². The summed E-state index contributed by atoms with van der Waals surface area (Å²) in [7, 11) is 0. The number of carbonyl (C=O) groups excluding carboxylic acids is 4. The van der Waals surface area contributed by atoms with Crippen LogP contribution in [0.4, 0.5) is 5.69 Å². The monoisotopic (exact) mass is 475 g/mol. The number of benzene rings is 2. The van der Waals surface area contributed by atoms with Gasteiger partial charge in [-0.3, -0.25) is 30.0 Å². The highest BCUT2D eigenvalue weighted by Gasteiger charge is 2.13. The zero-order valence-electron chi connectivity index (χ0n) is 16.6. The second-order valence-corrected chi connectivity index (χ2v) is 7.28. The first-order valence-corrected chi connectivity index (χ1v) is 9.92. The van der Waals surface area contributed by atoms with Gasteiger partial charge in [0.05, 0.1) is 6.42 Å². The Hall–Kier alpha value is -3.20. The third-order valence-corrected chi connectivity index (χ3v) is 5.13. The summed E-state index contributed by atoms with van der Waals surface area (Å²) in [5.74, 6) is -2.20. The molecule has 0 fully saturated rings. The Balaban J connectivity index is 1.68. The van der Waals surface area contributed by atoms with Gasteiger partial charge in [0.2, 0.25) is 5.91 Å². The van der Waals surface area contributed by atoms with Crippen LogP contribution >= 0.6 is 15.9 Å². The number of ether oxygens (including phenoxy) is 1. The molecular weight excluding hydrogens is 454 g/mol. The van der Waals surface area contributed by atoms with Gasteiger partial charge in [0.25, 0.3) is 11.8 Å². The van der Waals surface area contributed by atoms with Crippen LogP contribution in [0, 0.1) is 13.8 Å². The highest BCUT2D eigenvalue weighted by molar-refractivity contribution is 9.10. The van der Waals surface area contributed by atoms with Crippen molar-refractivity contribution >= 4 is 45.3 Å². The van der Waals surface area contributed by atoms with E-state index in [1.54, 1.807) is 36.4 Å². The van der Waals surface area contributed by atoms with Crippen molar-refractivity contribution < 1.29 is 23.9 Å². The maximum atomic E-state index is 12.0. The number of hydrogen-bond donors (Lipinski definition) is 3. The summed E-state index contributed by atoms with van der Waals surface area (Å²) in [5.41, 5.74) is 7.39. The minimum atomic E-state index is -0.696. The summed E-state index contributed by atoms with van der Waals surface area (Å²) in [6.45, 7) is 3.33. The van der Waals surface area contributed by atoms with E-state index in [1.165, 1.54) is 0 Å². The minimum absolute atomic E-state index is 0.194. The van der Waals surface area contributed by atoms with E-state index in [0.29, 0.717) is 11.3 Å². The van der Waals surface area contributed by atoms with Gasteiger partial charge in [0.1, 0.15) is 0 Å². The Morgan fingerprint density at radius 2 is 1.57 bits per heavy atom. The van der Waals surface area contributed by atoms with E-state index >= 15 is 0 Å². The number of hydrogen-bond acceptors (Lipinski definition) is 5. The van der Waals surface area contributed by atoms with Crippen molar-refractivity contribution in [2.45, 2.75) is 26.7 Å². The van der Waals surface area contributed by atoms with Crippen LogP contribution in [-0.2, 0) is 19.1 Å². The van der Waals surface area contributed by atoms with E-state index in [1.807, 2.05) is 19.9 Å². The summed E-state index contributed by atoms with van der Waals surface area (Å²) < 4.78 is 5.82. The lowest BCUT2D eigenvalue weighted by atomic mass is 10.1. The van der Waals surface area contributed by atoms with Crippen LogP contribution in [0.1, 0.15) is 34.3 Å². The highest BCUT2D eigenvalue weighted by Crippen LogP contribution is 2.25. The molecule has 8 nitrogen and oxygen atoms in total. The van der Waals surface area contributed by atoms with Crippen molar-refractivity contribution in [2.75, 3.05) is 11.9 Å². The first-order valence-electron chi connectivity index (χ1n) is 9.13. The van der Waals surface area contributed by atoms with Crippen molar-refractivity contribution in [1.29, 1.82) is 0 Å². The minimum Gasteiger partial charge on any atom is -0.456 e. The molecule has 0 unspecified atom stereocenters. The summed E-state index contributed by atoms with van der Waals surface area (Å²) >= 11 is 3.42. The van der Waals surface area contributed by atoms with Gasteiger partial charge in [-0.05, 0) is 49.2 Å². The number of nitrogens with one attached hydrogen (secondary N) is 3. The maximum Gasteiger partial charge on any atom is 0.306 e. The van der Waals surface area contributed by atoms with Crippen molar-refractivity contribution in [2.24, 2.45) is 0 Å². The van der Waals surface area contributed by atoms with Crippen LogP contribution in [0.2, 0.25) is 0 Å². The van der Waals surface area contributed by atoms with E-state index < -0.39 is 30.3 Å². The fraction of sp³-hybridized carbons (Fsp3) is 0.238. The van der Waals surface area contributed by atoms with E-state index in [4.69, 9.17) is 4.74 Å². The predicted molar refractivity (Wildman–Crippen MR) is 114 cm³/mol. The molecule has 158 valence electrons. The molecule has 9 heteroatoms. The third-order valence-electron chi connectivity index (χ3n) is 4.27. The van der Waals surface area contributed by atoms with E-state index in [9.17, 15) is 19.2 Å². The van der Waals surface area contributed by atoms with Crippen LogP contribution in [0.25, 0.3) is 0 Å². The van der Waals surface area contributed by atoms with Crippen LogP contribution in [0.5, 0.6) is 0 Å². The summed E-state index contributed by atoms with van der Waals surface area (Å²) in [6, 6.07) is 11.9. The average molecular weight is 476 g/mol. The lowest BCUT2D eigenvalue weighted by Gasteiger charge is -2.12. The number of carbonyl (C=O) groups is 4. The van der Waals surface area contributed by atoms with Gasteiger partial charge in [0.15, 0.2) is 6.61 Å². The molecule has 3 N–H and O–H groups in total. The molecule has 0 aliphatic heterocycles. The Labute approximate surface area is 182 Å². The first-order chi connectivity index (χ1) is 14.3. The standard InChI is InChI=1S/C21H22BrN3O5/c1-13-14(2)17(9-8-16(13)22)23-19(27)12-30-20(28)11-10-18(26)24-25-21(29)15-6-4-3-5-7-15/h3-9H,10-12H2,1-2H3,(H,23,27)(H,24,26)(H,25,29). The highest BCUT2D eigenvalue weighted by atomic mass is 79.9. The van der Waals surface area contributed by atoms with Crippen molar-refractivity contribution in [3.63, 3.8) is 0 Å². The molecule has 2 rings (SSSR count). The van der Waals surface area contributed by atoms with Crippen LogP contribution in [0.3, 0.4) is 0 Å². The molecule has 3 amide bonds. The zero-order chi connectivity index (χ0) is 22.1. The van der Waals surface area contributed by atoms with Crippen molar-refractivity contribution in [1.82, 2.24) is 10.9 Å². The fourth-order valence-electron chi connectivity index (χ4n) is 2.39. The van der Waals surface area contributed by atoms with Gasteiger partial charge in [-0.1, -0.05) is 34.1 Å². The largest absolute Gasteiger partial charge is 0.456 e. The quantitative estimate of drug-likeness (QED) is 0.420. The molecule has 0 atom stereocenters. The molecule has 2 aromatic carbocycles. The third kappa shape index (κ3) is 7.00. The second-order valence-electron chi connectivity index (χ2n) is 6.42. The van der Waals surface area contributed by atoms with Crippen LogP contribution in [-0.4, -0.2) is 30.3 Å². The maximum absolute atomic E-state index is 12.0. The first kappa shape index (κ1) is 23.1. The van der Waals surface area contributed by atoms with Gasteiger partial charge in [-0.15, -0.1) is 0 Å². The molecular formula is C21H22BrN3O5.